The molecule has 1 heterocycles. The summed E-state index contributed by atoms with van der Waals surface area (Å²) in [4.78, 5) is 4.24. The van der Waals surface area contributed by atoms with Gasteiger partial charge >= 0.3 is 0 Å². The number of halogens is 1. The van der Waals surface area contributed by atoms with Crippen molar-refractivity contribution in [2.75, 3.05) is 0 Å². The van der Waals surface area contributed by atoms with Crippen LogP contribution in [0.15, 0.2) is 28.8 Å². The summed E-state index contributed by atoms with van der Waals surface area (Å²) in [6.45, 7) is 1.89. The fraction of sp³-hybridized carbons (Fsp3) is 0.273. The molecule has 84 valence electrons. The standard InChI is InChI=1S/C11H12ClN3O/c1-7(13)6-10-14-11(16-15-10)8-4-2-3-5-9(8)12/h2-5,7H,6,13H2,1H3. The van der Waals surface area contributed by atoms with Gasteiger partial charge in [0.1, 0.15) is 0 Å². The van der Waals surface area contributed by atoms with E-state index >= 15 is 0 Å². The second-order valence-electron chi connectivity index (χ2n) is 3.68. The number of aromatic nitrogens is 2. The van der Waals surface area contributed by atoms with Crippen molar-refractivity contribution in [3.05, 3.63) is 35.1 Å². The van der Waals surface area contributed by atoms with E-state index < -0.39 is 0 Å². The molecule has 0 amide bonds. The highest BCUT2D eigenvalue weighted by Crippen LogP contribution is 2.25. The third-order valence-corrected chi connectivity index (χ3v) is 2.41. The molecule has 1 unspecified atom stereocenters. The molecule has 1 atom stereocenters. The van der Waals surface area contributed by atoms with Gasteiger partial charge in [-0.1, -0.05) is 28.9 Å². The van der Waals surface area contributed by atoms with E-state index in [9.17, 15) is 0 Å². The Labute approximate surface area is 98.4 Å². The van der Waals surface area contributed by atoms with E-state index in [2.05, 4.69) is 10.1 Å². The molecule has 0 saturated heterocycles. The van der Waals surface area contributed by atoms with Crippen molar-refractivity contribution in [2.45, 2.75) is 19.4 Å². The van der Waals surface area contributed by atoms with Gasteiger partial charge in [-0.15, -0.1) is 0 Å². The van der Waals surface area contributed by atoms with Crippen molar-refractivity contribution in [3.63, 3.8) is 0 Å². The van der Waals surface area contributed by atoms with E-state index in [1.54, 1.807) is 6.07 Å². The van der Waals surface area contributed by atoms with Crippen molar-refractivity contribution >= 4 is 11.6 Å². The van der Waals surface area contributed by atoms with Gasteiger partial charge in [-0.25, -0.2) is 0 Å². The van der Waals surface area contributed by atoms with Crippen LogP contribution >= 0.6 is 11.6 Å². The maximum Gasteiger partial charge on any atom is 0.259 e. The molecule has 2 aromatic rings. The SMILES string of the molecule is CC(N)Cc1noc(-c2ccccc2Cl)n1. The van der Waals surface area contributed by atoms with Gasteiger partial charge in [0.25, 0.3) is 5.89 Å². The van der Waals surface area contributed by atoms with E-state index in [4.69, 9.17) is 21.9 Å². The van der Waals surface area contributed by atoms with E-state index in [0.29, 0.717) is 23.2 Å². The van der Waals surface area contributed by atoms with Crippen LogP contribution < -0.4 is 5.73 Å². The number of rotatable bonds is 3. The zero-order valence-electron chi connectivity index (χ0n) is 8.85. The normalized spacial score (nSPS) is 12.7. The molecule has 2 N–H and O–H groups in total. The molecule has 0 saturated carbocycles. The highest BCUT2D eigenvalue weighted by atomic mass is 35.5. The summed E-state index contributed by atoms with van der Waals surface area (Å²) < 4.78 is 5.13. The summed E-state index contributed by atoms with van der Waals surface area (Å²) in [6, 6.07) is 7.36. The fourth-order valence-electron chi connectivity index (χ4n) is 1.37. The Morgan fingerprint density at radius 2 is 2.19 bits per heavy atom. The molecule has 1 aromatic carbocycles. The molecular formula is C11H12ClN3O. The maximum atomic E-state index is 6.02. The Kier molecular flexibility index (Phi) is 3.22. The summed E-state index contributed by atoms with van der Waals surface area (Å²) in [5, 5.41) is 4.44. The third kappa shape index (κ3) is 2.40. The molecule has 2 rings (SSSR count). The summed E-state index contributed by atoms with van der Waals surface area (Å²) in [7, 11) is 0. The zero-order valence-corrected chi connectivity index (χ0v) is 9.61. The van der Waals surface area contributed by atoms with Gasteiger partial charge in [-0.2, -0.15) is 4.98 Å². The van der Waals surface area contributed by atoms with Gasteiger partial charge in [0.15, 0.2) is 5.82 Å². The molecular weight excluding hydrogens is 226 g/mol. The lowest BCUT2D eigenvalue weighted by molar-refractivity contribution is 0.420. The lowest BCUT2D eigenvalue weighted by atomic mass is 10.2. The van der Waals surface area contributed by atoms with Crippen molar-refractivity contribution in [1.29, 1.82) is 0 Å². The second-order valence-corrected chi connectivity index (χ2v) is 4.08. The molecule has 0 aliphatic carbocycles. The number of hydrogen-bond donors (Lipinski definition) is 1. The predicted molar refractivity (Wildman–Crippen MR) is 62.1 cm³/mol. The fourth-order valence-corrected chi connectivity index (χ4v) is 1.59. The van der Waals surface area contributed by atoms with Gasteiger partial charge in [-0.3, -0.25) is 0 Å². The first-order chi connectivity index (χ1) is 7.66. The van der Waals surface area contributed by atoms with Gasteiger partial charge < -0.3 is 10.3 Å². The number of hydrogen-bond acceptors (Lipinski definition) is 4. The summed E-state index contributed by atoms with van der Waals surface area (Å²) in [5.41, 5.74) is 6.40. The average Bonchev–Trinajstić information content (AvgIpc) is 2.66. The zero-order chi connectivity index (χ0) is 11.5. The van der Waals surface area contributed by atoms with Crippen LogP contribution in [0.1, 0.15) is 12.7 Å². The van der Waals surface area contributed by atoms with Crippen molar-refractivity contribution in [1.82, 2.24) is 10.1 Å². The predicted octanol–water partition coefficient (Wildman–Crippen LogP) is 2.28. The number of nitrogens with two attached hydrogens (primary N) is 1. The van der Waals surface area contributed by atoms with Gasteiger partial charge in [0.2, 0.25) is 0 Å². The first-order valence-corrected chi connectivity index (χ1v) is 5.37. The summed E-state index contributed by atoms with van der Waals surface area (Å²) in [5.74, 6) is 1.03. The van der Waals surface area contributed by atoms with Crippen LogP contribution in [0.3, 0.4) is 0 Å². The first-order valence-electron chi connectivity index (χ1n) is 5.00. The van der Waals surface area contributed by atoms with Crippen LogP contribution in [-0.4, -0.2) is 16.2 Å². The van der Waals surface area contributed by atoms with Crippen molar-refractivity contribution in [2.24, 2.45) is 5.73 Å². The Hall–Kier alpha value is -1.39. The average molecular weight is 238 g/mol. The van der Waals surface area contributed by atoms with Crippen LogP contribution in [0, 0.1) is 0 Å². The molecule has 0 aliphatic rings. The molecule has 0 bridgehead atoms. The van der Waals surface area contributed by atoms with Crippen LogP contribution in [0.5, 0.6) is 0 Å². The van der Waals surface area contributed by atoms with Gasteiger partial charge in [0.05, 0.1) is 10.6 Å². The Balaban J connectivity index is 2.28. The molecule has 0 radical (unpaired) electrons. The quantitative estimate of drug-likeness (QED) is 0.890. The molecule has 0 fully saturated rings. The first kappa shape index (κ1) is 11.1. The molecule has 1 aromatic heterocycles. The Morgan fingerprint density at radius 1 is 1.44 bits per heavy atom. The Bertz CT molecular complexity index is 482. The highest BCUT2D eigenvalue weighted by molar-refractivity contribution is 6.33. The minimum absolute atomic E-state index is 0.0108. The lowest BCUT2D eigenvalue weighted by Crippen LogP contribution is -2.18. The van der Waals surface area contributed by atoms with E-state index in [1.807, 2.05) is 25.1 Å². The minimum Gasteiger partial charge on any atom is -0.334 e. The van der Waals surface area contributed by atoms with Gasteiger partial charge in [0, 0.05) is 12.5 Å². The van der Waals surface area contributed by atoms with E-state index in [1.165, 1.54) is 0 Å². The summed E-state index contributed by atoms with van der Waals surface area (Å²) >= 11 is 6.02. The van der Waals surface area contributed by atoms with Crippen molar-refractivity contribution in [3.8, 4) is 11.5 Å². The second kappa shape index (κ2) is 4.63. The van der Waals surface area contributed by atoms with E-state index in [0.717, 1.165) is 5.56 Å². The molecule has 0 spiro atoms. The Morgan fingerprint density at radius 3 is 2.88 bits per heavy atom. The lowest BCUT2D eigenvalue weighted by Gasteiger charge is -1.97. The molecule has 4 nitrogen and oxygen atoms in total. The number of nitrogens with zero attached hydrogens (tertiary/aromatic N) is 2. The molecule has 16 heavy (non-hydrogen) atoms. The smallest absolute Gasteiger partial charge is 0.259 e. The molecule has 0 aliphatic heterocycles. The van der Waals surface area contributed by atoms with Crippen LogP contribution in [-0.2, 0) is 6.42 Å². The number of benzene rings is 1. The van der Waals surface area contributed by atoms with E-state index in [-0.39, 0.29) is 6.04 Å². The highest BCUT2D eigenvalue weighted by Gasteiger charge is 2.12. The molecule has 5 heteroatoms. The largest absolute Gasteiger partial charge is 0.334 e. The minimum atomic E-state index is 0.0108. The third-order valence-electron chi connectivity index (χ3n) is 2.08. The topological polar surface area (TPSA) is 64.9 Å². The van der Waals surface area contributed by atoms with Crippen LogP contribution in [0.25, 0.3) is 11.5 Å². The maximum absolute atomic E-state index is 6.02. The van der Waals surface area contributed by atoms with Crippen molar-refractivity contribution < 1.29 is 4.52 Å². The monoisotopic (exact) mass is 237 g/mol. The summed E-state index contributed by atoms with van der Waals surface area (Å²) in [6.07, 6.45) is 0.591. The van der Waals surface area contributed by atoms with Crippen LogP contribution in [0.2, 0.25) is 5.02 Å². The van der Waals surface area contributed by atoms with Crippen LogP contribution in [0.4, 0.5) is 0 Å². The van der Waals surface area contributed by atoms with Gasteiger partial charge in [-0.05, 0) is 19.1 Å².